The monoisotopic (exact) mass is 397 g/mol. The largest absolute Gasteiger partial charge is 0.348 e. The maximum atomic E-state index is 13.0. The summed E-state index contributed by atoms with van der Waals surface area (Å²) in [5.74, 6) is 0.907. The molecule has 8 heteroatoms. The predicted molar refractivity (Wildman–Crippen MR) is 111 cm³/mol. The zero-order valence-electron chi connectivity index (χ0n) is 16.3. The zero-order chi connectivity index (χ0) is 19.8. The molecule has 1 fully saturated rings. The summed E-state index contributed by atoms with van der Waals surface area (Å²) < 4.78 is 2.09. The number of carbonyl (C=O) groups is 2. The molecule has 0 N–H and O–H groups in total. The Morgan fingerprint density at radius 3 is 2.29 bits per heavy atom. The van der Waals surface area contributed by atoms with Crippen molar-refractivity contribution in [2.24, 2.45) is 0 Å². The van der Waals surface area contributed by atoms with Crippen molar-refractivity contribution < 1.29 is 9.59 Å². The molecular formula is C20H23N5O2S. The molecule has 0 radical (unpaired) electrons. The molecule has 2 aromatic heterocycles. The molecule has 3 aromatic rings. The summed E-state index contributed by atoms with van der Waals surface area (Å²) in [6.07, 6.45) is 0. The van der Waals surface area contributed by atoms with Crippen LogP contribution in [0.1, 0.15) is 16.6 Å². The smallest absolute Gasteiger partial charge is 0.264 e. The highest BCUT2D eigenvalue weighted by atomic mass is 32.1. The molecule has 0 spiro atoms. The number of benzene rings is 1. The first kappa shape index (κ1) is 18.5. The number of aromatic nitrogens is 2. The van der Waals surface area contributed by atoms with Crippen molar-refractivity contribution in [1.82, 2.24) is 19.4 Å². The molecule has 0 saturated carbocycles. The molecule has 0 atom stereocenters. The lowest BCUT2D eigenvalue weighted by molar-refractivity contribution is -0.130. The van der Waals surface area contributed by atoms with Gasteiger partial charge in [0.25, 0.3) is 5.91 Å². The van der Waals surface area contributed by atoms with Gasteiger partial charge in [0.1, 0.15) is 10.3 Å². The number of para-hydroxylation sites is 1. The van der Waals surface area contributed by atoms with Crippen LogP contribution >= 0.6 is 11.3 Å². The Labute approximate surface area is 167 Å². The van der Waals surface area contributed by atoms with Gasteiger partial charge < -0.3 is 14.7 Å². The summed E-state index contributed by atoms with van der Waals surface area (Å²) in [5, 5.41) is 0. The quantitative estimate of drug-likeness (QED) is 0.681. The second-order valence-corrected chi connectivity index (χ2v) is 8.11. The van der Waals surface area contributed by atoms with Gasteiger partial charge in [-0.25, -0.2) is 4.98 Å². The van der Waals surface area contributed by atoms with Crippen LogP contribution in [0, 0.1) is 0 Å². The molecule has 0 aliphatic carbocycles. The minimum atomic E-state index is 0.0113. The Bertz CT molecular complexity index is 1020. The van der Waals surface area contributed by atoms with Gasteiger partial charge >= 0.3 is 0 Å². The summed E-state index contributed by atoms with van der Waals surface area (Å²) in [7, 11) is 3.93. The molecule has 1 saturated heterocycles. The standard InChI is InChI=1S/C20H23N5O2S/c1-14(26)23-9-11-24(12-10-23)18(27)17-13-16-19(28-17)25(20(21-16)22(2)3)15-7-5-4-6-8-15/h4-8,13H,9-12H2,1-3H3. The van der Waals surface area contributed by atoms with Crippen LogP contribution in [0.15, 0.2) is 36.4 Å². The minimum Gasteiger partial charge on any atom is -0.348 e. The van der Waals surface area contributed by atoms with Gasteiger partial charge in [-0.05, 0) is 18.2 Å². The first-order chi connectivity index (χ1) is 13.5. The third-order valence-electron chi connectivity index (χ3n) is 4.95. The maximum Gasteiger partial charge on any atom is 0.264 e. The minimum absolute atomic E-state index is 0.0113. The molecule has 1 aliphatic heterocycles. The van der Waals surface area contributed by atoms with E-state index in [4.69, 9.17) is 4.98 Å². The molecule has 146 valence electrons. The van der Waals surface area contributed by atoms with Crippen LogP contribution < -0.4 is 4.90 Å². The predicted octanol–water partition coefficient (Wildman–Crippen LogP) is 2.46. The number of nitrogens with zero attached hydrogens (tertiary/aromatic N) is 5. The number of carbonyl (C=O) groups excluding carboxylic acids is 2. The van der Waals surface area contributed by atoms with Crippen LogP contribution in [0.2, 0.25) is 0 Å². The number of amides is 2. The first-order valence-electron chi connectivity index (χ1n) is 9.25. The number of anilines is 1. The molecule has 3 heterocycles. The number of rotatable bonds is 3. The molecular weight excluding hydrogens is 374 g/mol. The highest BCUT2D eigenvalue weighted by molar-refractivity contribution is 7.20. The van der Waals surface area contributed by atoms with Crippen molar-refractivity contribution in [2.45, 2.75) is 6.92 Å². The van der Waals surface area contributed by atoms with E-state index in [1.165, 1.54) is 11.3 Å². The fourth-order valence-corrected chi connectivity index (χ4v) is 4.54. The fourth-order valence-electron chi connectivity index (χ4n) is 3.46. The second kappa shape index (κ2) is 7.27. The van der Waals surface area contributed by atoms with Gasteiger partial charge in [-0.15, -0.1) is 11.3 Å². The van der Waals surface area contributed by atoms with Crippen LogP contribution in [-0.4, -0.2) is 71.4 Å². The van der Waals surface area contributed by atoms with Gasteiger partial charge in [0, 0.05) is 52.9 Å². The van der Waals surface area contributed by atoms with Crippen LogP contribution in [0.4, 0.5) is 5.95 Å². The number of hydrogen-bond donors (Lipinski definition) is 0. The van der Waals surface area contributed by atoms with Crippen molar-refractivity contribution in [3.8, 4) is 5.69 Å². The Balaban J connectivity index is 1.66. The van der Waals surface area contributed by atoms with E-state index in [2.05, 4.69) is 4.57 Å². The summed E-state index contributed by atoms with van der Waals surface area (Å²) in [4.78, 5) is 36.5. The van der Waals surface area contributed by atoms with E-state index in [1.54, 1.807) is 11.8 Å². The number of fused-ring (bicyclic) bond motifs is 1. The topological polar surface area (TPSA) is 61.7 Å². The Morgan fingerprint density at radius 1 is 1.04 bits per heavy atom. The van der Waals surface area contributed by atoms with Crippen molar-refractivity contribution in [3.63, 3.8) is 0 Å². The van der Waals surface area contributed by atoms with Crippen molar-refractivity contribution in [2.75, 3.05) is 45.2 Å². The Hall–Kier alpha value is -2.87. The molecule has 1 aliphatic rings. The van der Waals surface area contributed by atoms with E-state index < -0.39 is 0 Å². The SMILES string of the molecule is CC(=O)N1CCN(C(=O)c2cc3nc(N(C)C)n(-c4ccccc4)c3s2)CC1. The molecule has 7 nitrogen and oxygen atoms in total. The normalized spacial score (nSPS) is 14.5. The van der Waals surface area contributed by atoms with Crippen molar-refractivity contribution in [3.05, 3.63) is 41.3 Å². The van der Waals surface area contributed by atoms with E-state index in [9.17, 15) is 9.59 Å². The summed E-state index contributed by atoms with van der Waals surface area (Å²) in [5.41, 5.74) is 1.84. The zero-order valence-corrected chi connectivity index (χ0v) is 17.1. The molecule has 28 heavy (non-hydrogen) atoms. The average Bonchev–Trinajstić information content (AvgIpc) is 3.26. The molecule has 0 unspecified atom stereocenters. The van der Waals surface area contributed by atoms with E-state index >= 15 is 0 Å². The van der Waals surface area contributed by atoms with Gasteiger partial charge in [-0.2, -0.15) is 0 Å². The summed E-state index contributed by atoms with van der Waals surface area (Å²) >= 11 is 1.47. The summed E-state index contributed by atoms with van der Waals surface area (Å²) in [6.45, 7) is 3.88. The van der Waals surface area contributed by atoms with E-state index in [1.807, 2.05) is 60.3 Å². The van der Waals surface area contributed by atoms with E-state index in [-0.39, 0.29) is 11.8 Å². The third-order valence-corrected chi connectivity index (χ3v) is 6.05. The molecule has 0 bridgehead atoms. The van der Waals surface area contributed by atoms with Gasteiger partial charge in [0.15, 0.2) is 0 Å². The lowest BCUT2D eigenvalue weighted by Crippen LogP contribution is -2.49. The van der Waals surface area contributed by atoms with Crippen molar-refractivity contribution >= 4 is 39.4 Å². The Morgan fingerprint density at radius 2 is 1.68 bits per heavy atom. The molecule has 1 aromatic carbocycles. The fraction of sp³-hybridized carbons (Fsp3) is 0.350. The van der Waals surface area contributed by atoms with Crippen LogP contribution in [0.3, 0.4) is 0 Å². The van der Waals surface area contributed by atoms with Gasteiger partial charge in [0.2, 0.25) is 11.9 Å². The number of piperazine rings is 1. The maximum absolute atomic E-state index is 13.0. The number of thiophene rings is 1. The molecule has 2 amide bonds. The second-order valence-electron chi connectivity index (χ2n) is 7.08. The van der Waals surface area contributed by atoms with E-state index in [0.717, 1.165) is 22.0 Å². The lowest BCUT2D eigenvalue weighted by Gasteiger charge is -2.33. The number of hydrogen-bond acceptors (Lipinski definition) is 5. The molecule has 4 rings (SSSR count). The van der Waals surface area contributed by atoms with E-state index in [0.29, 0.717) is 31.1 Å². The average molecular weight is 398 g/mol. The van der Waals surface area contributed by atoms with Crippen molar-refractivity contribution in [1.29, 1.82) is 0 Å². The van der Waals surface area contributed by atoms with Gasteiger partial charge in [0.05, 0.1) is 4.88 Å². The van der Waals surface area contributed by atoms with Gasteiger partial charge in [-0.1, -0.05) is 18.2 Å². The highest BCUT2D eigenvalue weighted by Crippen LogP contribution is 2.33. The van der Waals surface area contributed by atoms with Crippen LogP contribution in [0.5, 0.6) is 0 Å². The highest BCUT2D eigenvalue weighted by Gasteiger charge is 2.26. The Kier molecular flexibility index (Phi) is 4.80. The lowest BCUT2D eigenvalue weighted by atomic mass is 10.3. The van der Waals surface area contributed by atoms with Crippen LogP contribution in [0.25, 0.3) is 16.0 Å². The first-order valence-corrected chi connectivity index (χ1v) is 10.1. The number of imidazole rings is 1. The third kappa shape index (κ3) is 3.24. The summed E-state index contributed by atoms with van der Waals surface area (Å²) in [6, 6.07) is 11.9. The van der Waals surface area contributed by atoms with Crippen LogP contribution in [-0.2, 0) is 4.79 Å². The van der Waals surface area contributed by atoms with Gasteiger partial charge in [-0.3, -0.25) is 14.2 Å².